The Labute approximate surface area is 243 Å². The molecule has 0 bridgehead atoms. The van der Waals surface area contributed by atoms with Crippen LogP contribution < -0.4 is 15.1 Å². The fourth-order valence-electron chi connectivity index (χ4n) is 6.09. The molecule has 2 saturated heterocycles. The van der Waals surface area contributed by atoms with Crippen LogP contribution in [0.5, 0.6) is 5.75 Å². The highest BCUT2D eigenvalue weighted by atomic mass is 19.1. The molecule has 0 spiro atoms. The zero-order chi connectivity index (χ0) is 29.6. The summed E-state index contributed by atoms with van der Waals surface area (Å²) >= 11 is 0. The first kappa shape index (κ1) is 28.1. The van der Waals surface area contributed by atoms with Gasteiger partial charge in [-0.15, -0.1) is 6.42 Å². The molecule has 4 aromatic rings. The Bertz CT molecular complexity index is 1700. The molecule has 2 fully saturated rings. The van der Waals surface area contributed by atoms with E-state index in [-0.39, 0.29) is 39.5 Å². The number of halogens is 2. The van der Waals surface area contributed by atoms with Gasteiger partial charge in [0.25, 0.3) is 0 Å². The SMILES string of the molecule is C#Cc1c(F)ccc2cc(O)cc(-c3ncc4c(N(C)C[C@H]5CCCCN5)nc(N5CCC(C)(O)CC5)nc4c3F)c12. The summed E-state index contributed by atoms with van der Waals surface area (Å²) < 4.78 is 31.4. The number of hydrogen-bond donors (Lipinski definition) is 3. The first-order valence-electron chi connectivity index (χ1n) is 14.4. The van der Waals surface area contributed by atoms with Gasteiger partial charge in [-0.25, -0.2) is 13.8 Å². The largest absolute Gasteiger partial charge is 0.508 e. The zero-order valence-corrected chi connectivity index (χ0v) is 23.8. The summed E-state index contributed by atoms with van der Waals surface area (Å²) in [6, 6.07) is 5.79. The van der Waals surface area contributed by atoms with Crippen molar-refractivity contribution in [2.24, 2.45) is 0 Å². The maximum atomic E-state index is 16.7. The highest BCUT2D eigenvalue weighted by Crippen LogP contribution is 2.39. The quantitative estimate of drug-likeness (QED) is 0.295. The van der Waals surface area contributed by atoms with Crippen LogP contribution in [0.4, 0.5) is 20.5 Å². The van der Waals surface area contributed by atoms with Crippen LogP contribution in [-0.2, 0) is 0 Å². The lowest BCUT2D eigenvalue weighted by atomic mass is 9.94. The average molecular weight is 573 g/mol. The van der Waals surface area contributed by atoms with Gasteiger partial charge in [0.1, 0.15) is 28.6 Å². The third-order valence-corrected chi connectivity index (χ3v) is 8.50. The van der Waals surface area contributed by atoms with Gasteiger partial charge in [0.2, 0.25) is 5.95 Å². The van der Waals surface area contributed by atoms with Crippen LogP contribution in [0.25, 0.3) is 32.9 Å². The molecule has 4 heterocycles. The van der Waals surface area contributed by atoms with Crippen molar-refractivity contribution in [3.8, 4) is 29.4 Å². The van der Waals surface area contributed by atoms with Crippen LogP contribution in [-0.4, -0.2) is 70.0 Å². The van der Waals surface area contributed by atoms with Crippen molar-refractivity contribution in [1.29, 1.82) is 0 Å². The summed E-state index contributed by atoms with van der Waals surface area (Å²) in [5.74, 6) is 1.82. The summed E-state index contributed by atoms with van der Waals surface area (Å²) in [5, 5.41) is 25.7. The molecule has 8 nitrogen and oxygen atoms in total. The zero-order valence-electron chi connectivity index (χ0n) is 23.8. The standard InChI is InChI=1S/C32H34F2N6O2/c1-4-22-25(33)9-8-19-15-21(41)16-23(26(19)22)28-27(34)29-24(17-36-28)30(39(3)18-20-7-5-6-12-35-20)38-31(37-29)40-13-10-32(2,42)11-14-40/h1,8-9,15-17,20,35,41-42H,5-7,10-14,18H2,2-3H3/t20-/m1/s1. The number of phenolic OH excluding ortho intramolecular Hbond substituents is 1. The molecule has 42 heavy (non-hydrogen) atoms. The monoisotopic (exact) mass is 572 g/mol. The predicted molar refractivity (Wildman–Crippen MR) is 161 cm³/mol. The number of fused-ring (bicyclic) bond motifs is 2. The van der Waals surface area contributed by atoms with Gasteiger partial charge in [0.05, 0.1) is 16.6 Å². The first-order valence-corrected chi connectivity index (χ1v) is 14.4. The van der Waals surface area contributed by atoms with Crippen LogP contribution in [0.2, 0.25) is 0 Å². The van der Waals surface area contributed by atoms with Crippen molar-refractivity contribution in [2.45, 2.75) is 50.7 Å². The Morgan fingerprint density at radius 3 is 2.69 bits per heavy atom. The molecular formula is C32H34F2N6O2. The van der Waals surface area contributed by atoms with E-state index in [1.54, 1.807) is 0 Å². The summed E-state index contributed by atoms with van der Waals surface area (Å²) in [7, 11) is 1.93. The molecule has 0 amide bonds. The first-order chi connectivity index (χ1) is 20.1. The third kappa shape index (κ3) is 5.19. The molecule has 1 atom stereocenters. The van der Waals surface area contributed by atoms with E-state index in [0.29, 0.717) is 55.0 Å². The number of phenols is 1. The number of piperidine rings is 2. The predicted octanol–water partition coefficient (Wildman–Crippen LogP) is 4.74. The second kappa shape index (κ2) is 11.0. The molecule has 0 aliphatic carbocycles. The smallest absolute Gasteiger partial charge is 0.228 e. The number of benzene rings is 2. The van der Waals surface area contributed by atoms with E-state index in [1.165, 1.54) is 30.5 Å². The molecule has 10 heteroatoms. The van der Waals surface area contributed by atoms with Gasteiger partial charge in [-0.1, -0.05) is 18.4 Å². The second-order valence-corrected chi connectivity index (χ2v) is 11.7. The number of terminal acetylenes is 1. The van der Waals surface area contributed by atoms with Crippen molar-refractivity contribution >= 4 is 33.4 Å². The van der Waals surface area contributed by atoms with Crippen molar-refractivity contribution in [2.75, 3.05) is 43.0 Å². The van der Waals surface area contributed by atoms with E-state index in [0.717, 1.165) is 25.8 Å². The Balaban J connectivity index is 1.53. The van der Waals surface area contributed by atoms with E-state index in [4.69, 9.17) is 11.4 Å². The Hall–Kier alpha value is -4.07. The highest BCUT2D eigenvalue weighted by molar-refractivity contribution is 6.03. The van der Waals surface area contributed by atoms with Crippen LogP contribution in [0.3, 0.4) is 0 Å². The number of nitrogens with zero attached hydrogens (tertiary/aromatic N) is 5. The molecular weight excluding hydrogens is 538 g/mol. The van der Waals surface area contributed by atoms with Crippen LogP contribution in [0, 0.1) is 24.0 Å². The molecule has 2 aliphatic heterocycles. The molecule has 2 aliphatic rings. The number of aromatic nitrogens is 3. The fraction of sp³-hybridized carbons (Fsp3) is 0.406. The van der Waals surface area contributed by atoms with Crippen LogP contribution >= 0.6 is 0 Å². The minimum atomic E-state index is -0.775. The second-order valence-electron chi connectivity index (χ2n) is 11.7. The molecule has 6 rings (SSSR count). The minimum Gasteiger partial charge on any atom is -0.508 e. The van der Waals surface area contributed by atoms with E-state index < -0.39 is 17.2 Å². The van der Waals surface area contributed by atoms with E-state index in [1.807, 2.05) is 23.8 Å². The van der Waals surface area contributed by atoms with E-state index in [2.05, 4.69) is 21.2 Å². The van der Waals surface area contributed by atoms with E-state index >= 15 is 4.39 Å². The maximum Gasteiger partial charge on any atom is 0.228 e. The van der Waals surface area contributed by atoms with Gasteiger partial charge in [-0.05, 0) is 62.7 Å². The Kier molecular flexibility index (Phi) is 7.33. The van der Waals surface area contributed by atoms with Gasteiger partial charge < -0.3 is 25.3 Å². The number of pyridine rings is 1. The van der Waals surface area contributed by atoms with Gasteiger partial charge in [-0.3, -0.25) is 4.98 Å². The normalized spacial score (nSPS) is 18.8. The molecule has 0 unspecified atom stereocenters. The minimum absolute atomic E-state index is 0.0343. The number of nitrogens with one attached hydrogen (secondary N) is 1. The molecule has 218 valence electrons. The van der Waals surface area contributed by atoms with Crippen molar-refractivity contribution < 1.29 is 19.0 Å². The molecule has 0 radical (unpaired) electrons. The van der Waals surface area contributed by atoms with E-state index in [9.17, 15) is 14.6 Å². The summed E-state index contributed by atoms with van der Waals surface area (Å²) in [6.07, 6.45) is 11.6. The number of likely N-dealkylation sites (N-methyl/N-ethyl adjacent to an activating group) is 1. The molecule has 2 aromatic carbocycles. The summed E-state index contributed by atoms with van der Waals surface area (Å²) in [4.78, 5) is 18.0. The Morgan fingerprint density at radius 1 is 1.19 bits per heavy atom. The topological polar surface area (TPSA) is 97.6 Å². The van der Waals surface area contributed by atoms with Gasteiger partial charge in [-0.2, -0.15) is 4.98 Å². The van der Waals surface area contributed by atoms with Crippen molar-refractivity contribution in [1.82, 2.24) is 20.3 Å². The average Bonchev–Trinajstić information content (AvgIpc) is 2.97. The van der Waals surface area contributed by atoms with Crippen LogP contribution in [0.1, 0.15) is 44.6 Å². The van der Waals surface area contributed by atoms with Gasteiger partial charge in [0.15, 0.2) is 5.82 Å². The number of aliphatic hydroxyl groups is 1. The lowest BCUT2D eigenvalue weighted by Gasteiger charge is -2.36. The Morgan fingerprint density at radius 2 is 1.98 bits per heavy atom. The third-order valence-electron chi connectivity index (χ3n) is 8.50. The fourth-order valence-corrected chi connectivity index (χ4v) is 6.09. The van der Waals surface area contributed by atoms with Gasteiger partial charge in [0, 0.05) is 49.9 Å². The van der Waals surface area contributed by atoms with Gasteiger partial charge >= 0.3 is 0 Å². The van der Waals surface area contributed by atoms with Crippen LogP contribution in [0.15, 0.2) is 30.5 Å². The number of aromatic hydroxyl groups is 1. The van der Waals surface area contributed by atoms with Crippen molar-refractivity contribution in [3.05, 3.63) is 47.7 Å². The summed E-state index contributed by atoms with van der Waals surface area (Å²) in [5.41, 5.74) is -0.669. The number of anilines is 2. The number of hydrogen-bond acceptors (Lipinski definition) is 8. The lowest BCUT2D eigenvalue weighted by molar-refractivity contribution is 0.0349. The molecule has 2 aromatic heterocycles. The lowest BCUT2D eigenvalue weighted by Crippen LogP contribution is -2.44. The highest BCUT2D eigenvalue weighted by Gasteiger charge is 2.30. The maximum absolute atomic E-state index is 16.7. The van der Waals surface area contributed by atoms with Crippen molar-refractivity contribution in [3.63, 3.8) is 0 Å². The summed E-state index contributed by atoms with van der Waals surface area (Å²) in [6.45, 7) is 4.48. The molecule has 3 N–H and O–H groups in total. The molecule has 0 saturated carbocycles. The number of rotatable bonds is 5.